The van der Waals surface area contributed by atoms with Crippen molar-refractivity contribution in [2.24, 2.45) is 11.0 Å². The lowest BCUT2D eigenvalue weighted by Gasteiger charge is -2.26. The fourth-order valence-corrected chi connectivity index (χ4v) is 2.92. The summed E-state index contributed by atoms with van der Waals surface area (Å²) in [6.45, 7) is 9.33. The molecule has 1 aromatic heterocycles. The number of carbonyl (C=O) groups is 1. The predicted molar refractivity (Wildman–Crippen MR) is 89.6 cm³/mol. The van der Waals surface area contributed by atoms with Gasteiger partial charge >= 0.3 is 0 Å². The summed E-state index contributed by atoms with van der Waals surface area (Å²) in [5.74, 6) is 0.258. The number of morpholine rings is 1. The maximum absolute atomic E-state index is 11.9. The van der Waals surface area contributed by atoms with E-state index in [4.69, 9.17) is 4.74 Å². The van der Waals surface area contributed by atoms with Crippen LogP contribution in [0.2, 0.25) is 0 Å². The predicted octanol–water partition coefficient (Wildman–Crippen LogP) is 2.06. The highest BCUT2D eigenvalue weighted by Gasteiger charge is 2.15. The van der Waals surface area contributed by atoms with Crippen molar-refractivity contribution >= 4 is 28.1 Å². The highest BCUT2D eigenvalue weighted by Crippen LogP contribution is 2.21. The van der Waals surface area contributed by atoms with E-state index in [1.165, 1.54) is 0 Å². The molecule has 1 fully saturated rings. The largest absolute Gasteiger partial charge is 0.378 e. The van der Waals surface area contributed by atoms with Crippen molar-refractivity contribution in [3.63, 3.8) is 0 Å². The van der Waals surface area contributed by atoms with Crippen LogP contribution < -0.4 is 10.3 Å². The van der Waals surface area contributed by atoms with Gasteiger partial charge in [0.1, 0.15) is 0 Å². The lowest BCUT2D eigenvalue weighted by Crippen LogP contribution is -2.36. The lowest BCUT2D eigenvalue weighted by molar-refractivity contribution is -0.120. The zero-order valence-electron chi connectivity index (χ0n) is 13.5. The van der Waals surface area contributed by atoms with Crippen LogP contribution in [-0.2, 0) is 16.0 Å². The molecule has 0 bridgehead atoms. The molecule has 2 rings (SSSR count). The van der Waals surface area contributed by atoms with E-state index in [9.17, 15) is 4.79 Å². The molecule has 22 heavy (non-hydrogen) atoms. The minimum atomic E-state index is -0.124. The van der Waals surface area contributed by atoms with Gasteiger partial charge in [0.05, 0.1) is 25.3 Å². The number of thiazole rings is 1. The Kier molecular flexibility index (Phi) is 6.33. The van der Waals surface area contributed by atoms with Gasteiger partial charge in [0, 0.05) is 24.2 Å². The van der Waals surface area contributed by atoms with Gasteiger partial charge in [-0.15, -0.1) is 11.3 Å². The molecule has 0 saturated carbocycles. The van der Waals surface area contributed by atoms with E-state index in [0.717, 1.165) is 49.3 Å². The first-order chi connectivity index (χ1) is 10.6. The zero-order chi connectivity index (χ0) is 15.9. The number of aromatic nitrogens is 1. The Morgan fingerprint density at radius 1 is 1.55 bits per heavy atom. The third-order valence-electron chi connectivity index (χ3n) is 3.85. The van der Waals surface area contributed by atoms with Gasteiger partial charge in [0.15, 0.2) is 5.13 Å². The topological polar surface area (TPSA) is 66.8 Å². The lowest BCUT2D eigenvalue weighted by atomic mass is 10.1. The van der Waals surface area contributed by atoms with Crippen LogP contribution >= 0.6 is 11.3 Å². The van der Waals surface area contributed by atoms with Crippen molar-refractivity contribution in [2.45, 2.75) is 33.6 Å². The number of ether oxygens (including phenoxy) is 1. The number of hydrogen-bond acceptors (Lipinski definition) is 6. The molecule has 0 unspecified atom stereocenters. The number of rotatable bonds is 6. The minimum Gasteiger partial charge on any atom is -0.378 e. The van der Waals surface area contributed by atoms with Crippen LogP contribution in [-0.4, -0.2) is 42.9 Å². The van der Waals surface area contributed by atoms with Gasteiger partial charge in [-0.05, 0) is 19.3 Å². The first-order valence-electron chi connectivity index (χ1n) is 7.70. The molecular weight excluding hydrogens is 300 g/mol. The van der Waals surface area contributed by atoms with Gasteiger partial charge in [-0.3, -0.25) is 4.79 Å². The molecule has 0 radical (unpaired) electrons. The van der Waals surface area contributed by atoms with Gasteiger partial charge < -0.3 is 9.64 Å². The molecule has 1 atom stereocenters. The fraction of sp³-hybridized carbons (Fsp3) is 0.667. The maximum atomic E-state index is 11.9. The fourth-order valence-electron chi connectivity index (χ4n) is 2.04. The summed E-state index contributed by atoms with van der Waals surface area (Å²) in [5.41, 5.74) is 4.35. The molecule has 0 spiro atoms. The third kappa shape index (κ3) is 4.78. The molecule has 0 aromatic carbocycles. The van der Waals surface area contributed by atoms with Crippen LogP contribution in [0, 0.1) is 5.92 Å². The highest BCUT2D eigenvalue weighted by atomic mass is 32.1. The molecule has 1 saturated heterocycles. The van der Waals surface area contributed by atoms with Crippen molar-refractivity contribution in [2.75, 3.05) is 31.2 Å². The number of anilines is 1. The average molecular weight is 324 g/mol. The normalized spacial score (nSPS) is 17.4. The van der Waals surface area contributed by atoms with Gasteiger partial charge in [-0.1, -0.05) is 13.8 Å². The number of carbonyl (C=O) groups excluding carboxylic acids is 1. The van der Waals surface area contributed by atoms with Gasteiger partial charge in [0.25, 0.3) is 0 Å². The molecule has 0 aliphatic carbocycles. The summed E-state index contributed by atoms with van der Waals surface area (Å²) in [6, 6.07) is 0. The molecule has 1 aliphatic rings. The molecule has 122 valence electrons. The van der Waals surface area contributed by atoms with Crippen molar-refractivity contribution in [1.82, 2.24) is 10.4 Å². The van der Waals surface area contributed by atoms with Crippen LogP contribution in [0.3, 0.4) is 0 Å². The Hall–Kier alpha value is -1.47. The van der Waals surface area contributed by atoms with Crippen LogP contribution in [0.5, 0.6) is 0 Å². The number of amides is 1. The first-order valence-corrected chi connectivity index (χ1v) is 8.58. The van der Waals surface area contributed by atoms with E-state index in [-0.39, 0.29) is 12.3 Å². The van der Waals surface area contributed by atoms with E-state index >= 15 is 0 Å². The number of nitrogens with zero attached hydrogens (tertiary/aromatic N) is 3. The number of nitrogens with one attached hydrogen (secondary N) is 1. The van der Waals surface area contributed by atoms with Crippen molar-refractivity contribution < 1.29 is 9.53 Å². The quantitative estimate of drug-likeness (QED) is 0.642. The van der Waals surface area contributed by atoms with Crippen LogP contribution in [0.4, 0.5) is 5.13 Å². The van der Waals surface area contributed by atoms with Crippen molar-refractivity contribution in [3.8, 4) is 0 Å². The summed E-state index contributed by atoms with van der Waals surface area (Å²) in [5, 5.41) is 7.06. The SMILES string of the molecule is CC[C@H](C)/C(C)=N\NC(=O)Cc1csc(N2CCOCC2)n1. The van der Waals surface area contributed by atoms with E-state index < -0.39 is 0 Å². The Morgan fingerprint density at radius 3 is 2.95 bits per heavy atom. The first kappa shape index (κ1) is 16.9. The summed E-state index contributed by atoms with van der Waals surface area (Å²) in [4.78, 5) is 18.7. The molecular formula is C15H24N4O2S. The van der Waals surface area contributed by atoms with E-state index in [1.54, 1.807) is 11.3 Å². The summed E-state index contributed by atoms with van der Waals surface area (Å²) in [7, 11) is 0. The monoisotopic (exact) mass is 324 g/mol. The maximum Gasteiger partial charge on any atom is 0.246 e. The summed E-state index contributed by atoms with van der Waals surface area (Å²) < 4.78 is 5.33. The van der Waals surface area contributed by atoms with E-state index in [2.05, 4.69) is 34.3 Å². The Morgan fingerprint density at radius 2 is 2.27 bits per heavy atom. The van der Waals surface area contributed by atoms with Crippen molar-refractivity contribution in [1.29, 1.82) is 0 Å². The van der Waals surface area contributed by atoms with Gasteiger partial charge in [-0.25, -0.2) is 10.4 Å². The van der Waals surface area contributed by atoms with Crippen LogP contribution in [0.15, 0.2) is 10.5 Å². The second kappa shape index (κ2) is 8.24. The molecule has 7 heteroatoms. The standard InChI is InChI=1S/C15H24N4O2S/c1-4-11(2)12(3)17-18-14(20)9-13-10-22-15(16-13)19-5-7-21-8-6-19/h10-11H,4-9H2,1-3H3,(H,18,20)/b17-12-/t11-/m0/s1. The Bertz CT molecular complexity index is 523. The van der Waals surface area contributed by atoms with E-state index in [1.807, 2.05) is 12.3 Å². The third-order valence-corrected chi connectivity index (χ3v) is 4.80. The van der Waals surface area contributed by atoms with Crippen LogP contribution in [0.1, 0.15) is 32.9 Å². The van der Waals surface area contributed by atoms with Gasteiger partial charge in [-0.2, -0.15) is 5.10 Å². The molecule has 2 heterocycles. The van der Waals surface area contributed by atoms with Crippen molar-refractivity contribution in [3.05, 3.63) is 11.1 Å². The Labute approximate surface area is 135 Å². The molecule has 6 nitrogen and oxygen atoms in total. The number of hydrazone groups is 1. The highest BCUT2D eigenvalue weighted by molar-refractivity contribution is 7.13. The smallest absolute Gasteiger partial charge is 0.246 e. The molecule has 1 aromatic rings. The second-order valence-corrected chi connectivity index (χ2v) is 6.33. The van der Waals surface area contributed by atoms with Gasteiger partial charge in [0.2, 0.25) is 5.91 Å². The molecule has 1 amide bonds. The second-order valence-electron chi connectivity index (χ2n) is 5.50. The summed E-state index contributed by atoms with van der Waals surface area (Å²) in [6.07, 6.45) is 1.28. The molecule has 1 N–H and O–H groups in total. The zero-order valence-corrected chi connectivity index (χ0v) is 14.3. The number of hydrogen-bond donors (Lipinski definition) is 1. The average Bonchev–Trinajstić information content (AvgIpc) is 3.01. The van der Waals surface area contributed by atoms with Crippen LogP contribution in [0.25, 0.3) is 0 Å². The summed E-state index contributed by atoms with van der Waals surface area (Å²) >= 11 is 1.57. The minimum absolute atomic E-state index is 0.124. The Balaban J connectivity index is 1.85. The molecule has 1 aliphatic heterocycles. The van der Waals surface area contributed by atoms with E-state index in [0.29, 0.717) is 5.92 Å².